The van der Waals surface area contributed by atoms with Crippen molar-refractivity contribution >= 4 is 47.0 Å². The molecule has 0 bridgehead atoms. The second-order valence-corrected chi connectivity index (χ2v) is 11.8. The molecule has 4 rings (SSSR count). The average Bonchev–Trinajstić information content (AvgIpc) is 3.55. The molecule has 2 N–H and O–H groups in total. The first-order valence-corrected chi connectivity index (χ1v) is 14.2. The highest BCUT2D eigenvalue weighted by Crippen LogP contribution is 2.28. The van der Waals surface area contributed by atoms with Crippen LogP contribution in [-0.4, -0.2) is 65.4 Å². The van der Waals surface area contributed by atoms with Gasteiger partial charge in [-0.3, -0.25) is 24.6 Å². The largest absolute Gasteiger partial charge is 0.467 e. The van der Waals surface area contributed by atoms with E-state index in [4.69, 9.17) is 14.2 Å². The van der Waals surface area contributed by atoms with Crippen molar-refractivity contribution < 1.29 is 38.2 Å². The highest BCUT2D eigenvalue weighted by Gasteiger charge is 2.38. The van der Waals surface area contributed by atoms with E-state index >= 15 is 0 Å². The Morgan fingerprint density at radius 1 is 1.07 bits per heavy atom. The van der Waals surface area contributed by atoms with Gasteiger partial charge < -0.3 is 19.5 Å². The highest BCUT2D eigenvalue weighted by molar-refractivity contribution is 8.18. The minimum Gasteiger partial charge on any atom is -0.467 e. The Labute approximate surface area is 247 Å². The number of carbonyl (C=O) groups is 5. The van der Waals surface area contributed by atoms with Crippen molar-refractivity contribution in [1.82, 2.24) is 15.5 Å². The number of carbonyl (C=O) groups excluding carboxylic acids is 5. The van der Waals surface area contributed by atoms with E-state index in [1.807, 2.05) is 0 Å². The molecule has 0 spiro atoms. The third kappa shape index (κ3) is 8.12. The molecule has 0 aromatic heterocycles. The molecule has 11 nitrogen and oxygen atoms in total. The fourth-order valence-corrected chi connectivity index (χ4v) is 5.13. The van der Waals surface area contributed by atoms with Gasteiger partial charge in [-0.05, 0) is 86.8 Å². The number of thioether (sulfide) groups is 1. The Hall–Kier alpha value is -4.32. The third-order valence-electron chi connectivity index (χ3n) is 6.40. The van der Waals surface area contributed by atoms with Crippen LogP contribution in [0.3, 0.4) is 0 Å². The smallest absolute Gasteiger partial charge is 0.410 e. The molecule has 2 heterocycles. The molecule has 4 amide bonds. The van der Waals surface area contributed by atoms with Gasteiger partial charge in [-0.2, -0.15) is 0 Å². The van der Waals surface area contributed by atoms with Gasteiger partial charge in [0, 0.05) is 13.0 Å². The lowest BCUT2D eigenvalue weighted by atomic mass is 10.0. The van der Waals surface area contributed by atoms with Crippen LogP contribution in [0.25, 0.3) is 6.08 Å². The predicted molar refractivity (Wildman–Crippen MR) is 156 cm³/mol. The highest BCUT2D eigenvalue weighted by atomic mass is 32.2. The van der Waals surface area contributed by atoms with E-state index in [0.717, 1.165) is 22.9 Å². The van der Waals surface area contributed by atoms with E-state index in [1.54, 1.807) is 75.4 Å². The van der Waals surface area contributed by atoms with Crippen molar-refractivity contribution in [2.24, 2.45) is 0 Å². The molecule has 0 aliphatic carbocycles. The van der Waals surface area contributed by atoms with Crippen LogP contribution in [0, 0.1) is 0 Å². The second kappa shape index (κ2) is 13.1. The first kappa shape index (κ1) is 30.6. The number of hydrogen-bond donors (Lipinski definition) is 2. The lowest BCUT2D eigenvalue weighted by Gasteiger charge is -2.28. The Bertz CT molecular complexity index is 1380. The fraction of sp³-hybridized carbons (Fsp3) is 0.367. The summed E-state index contributed by atoms with van der Waals surface area (Å²) in [6, 6.07) is 12.4. The van der Waals surface area contributed by atoms with Crippen LogP contribution in [-0.2, 0) is 30.3 Å². The monoisotopic (exact) mass is 595 g/mol. The second-order valence-electron chi connectivity index (χ2n) is 10.8. The zero-order valence-corrected chi connectivity index (χ0v) is 24.6. The van der Waals surface area contributed by atoms with Crippen LogP contribution < -0.4 is 15.4 Å². The molecule has 42 heavy (non-hydrogen) atoms. The van der Waals surface area contributed by atoms with Crippen molar-refractivity contribution in [2.45, 2.75) is 57.7 Å². The summed E-state index contributed by atoms with van der Waals surface area (Å²) in [5.74, 6) is -0.334. The number of nitrogens with one attached hydrogen (secondary N) is 2. The van der Waals surface area contributed by atoms with Crippen molar-refractivity contribution in [3.63, 3.8) is 0 Å². The molecule has 2 aromatic rings. The Balaban J connectivity index is 1.36. The van der Waals surface area contributed by atoms with Gasteiger partial charge in [0.1, 0.15) is 29.2 Å². The number of amides is 4. The molecule has 2 aliphatic heterocycles. The number of nitrogens with zero attached hydrogens (tertiary/aromatic N) is 1. The van der Waals surface area contributed by atoms with E-state index in [-0.39, 0.29) is 6.42 Å². The summed E-state index contributed by atoms with van der Waals surface area (Å²) in [5, 5.41) is 4.58. The summed E-state index contributed by atoms with van der Waals surface area (Å²) < 4.78 is 16.3. The molecule has 2 unspecified atom stereocenters. The summed E-state index contributed by atoms with van der Waals surface area (Å²) in [7, 11) is 1.25. The molecule has 2 fully saturated rings. The van der Waals surface area contributed by atoms with Crippen molar-refractivity contribution in [2.75, 3.05) is 13.7 Å². The first-order valence-electron chi connectivity index (χ1n) is 13.4. The molecule has 2 aromatic carbocycles. The van der Waals surface area contributed by atoms with E-state index in [2.05, 4.69) is 10.6 Å². The van der Waals surface area contributed by atoms with Gasteiger partial charge in [0.25, 0.3) is 11.1 Å². The van der Waals surface area contributed by atoms with Gasteiger partial charge in [0.15, 0.2) is 0 Å². The van der Waals surface area contributed by atoms with Crippen molar-refractivity contribution in [3.05, 3.63) is 64.6 Å². The summed E-state index contributed by atoms with van der Waals surface area (Å²) in [6.07, 6.45) is 2.36. The van der Waals surface area contributed by atoms with Crippen molar-refractivity contribution in [3.8, 4) is 11.5 Å². The van der Waals surface area contributed by atoms with E-state index < -0.39 is 46.8 Å². The van der Waals surface area contributed by atoms with E-state index in [0.29, 0.717) is 35.8 Å². The summed E-state index contributed by atoms with van der Waals surface area (Å²) in [6.45, 7) is 5.68. The average molecular weight is 596 g/mol. The van der Waals surface area contributed by atoms with E-state index in [1.165, 1.54) is 12.0 Å². The van der Waals surface area contributed by atoms with Gasteiger partial charge in [-0.25, -0.2) is 9.59 Å². The molecule has 2 atom stereocenters. The molecule has 2 aliphatic rings. The van der Waals surface area contributed by atoms with Crippen LogP contribution in [0.5, 0.6) is 11.5 Å². The first-order chi connectivity index (χ1) is 19.9. The van der Waals surface area contributed by atoms with Gasteiger partial charge in [-0.15, -0.1) is 0 Å². The Morgan fingerprint density at radius 2 is 1.71 bits per heavy atom. The van der Waals surface area contributed by atoms with Crippen molar-refractivity contribution in [1.29, 1.82) is 0 Å². The maximum Gasteiger partial charge on any atom is 0.410 e. The van der Waals surface area contributed by atoms with Gasteiger partial charge in [-0.1, -0.05) is 24.3 Å². The van der Waals surface area contributed by atoms with Crippen LogP contribution in [0.1, 0.15) is 44.7 Å². The lowest BCUT2D eigenvalue weighted by molar-refractivity contribution is -0.145. The molecule has 222 valence electrons. The molecule has 12 heteroatoms. The fourth-order valence-electron chi connectivity index (χ4n) is 4.45. The van der Waals surface area contributed by atoms with Gasteiger partial charge >= 0.3 is 12.1 Å². The van der Waals surface area contributed by atoms with Crippen LogP contribution in [0.4, 0.5) is 9.59 Å². The number of imide groups is 1. The zero-order chi connectivity index (χ0) is 30.4. The molecule has 2 saturated heterocycles. The van der Waals surface area contributed by atoms with Crippen LogP contribution in [0.2, 0.25) is 0 Å². The Kier molecular flexibility index (Phi) is 9.56. The van der Waals surface area contributed by atoms with E-state index in [9.17, 15) is 24.0 Å². The zero-order valence-electron chi connectivity index (χ0n) is 23.8. The summed E-state index contributed by atoms with van der Waals surface area (Å²) in [4.78, 5) is 63.1. The summed E-state index contributed by atoms with van der Waals surface area (Å²) in [5.41, 5.74) is 0.813. The Morgan fingerprint density at radius 3 is 2.29 bits per heavy atom. The maximum absolute atomic E-state index is 13.1. The predicted octanol–water partition coefficient (Wildman–Crippen LogP) is 4.40. The normalized spacial score (nSPS) is 18.4. The number of rotatable bonds is 8. The van der Waals surface area contributed by atoms with Crippen LogP contribution in [0.15, 0.2) is 53.4 Å². The number of benzene rings is 2. The molecular formula is C30H33N3O8S. The SMILES string of the molecule is COC(=O)C(Cc1ccc(Oc2ccc(/C=C3/SC(=O)NC3=O)cc2)cc1)NC(=O)C1CCCN1C(=O)OC(C)(C)C. The third-order valence-corrected chi connectivity index (χ3v) is 7.22. The van der Waals surface area contributed by atoms with Gasteiger partial charge in [0.2, 0.25) is 5.91 Å². The minimum absolute atomic E-state index is 0.176. The maximum atomic E-state index is 13.1. The number of likely N-dealkylation sites (tertiary alicyclic amines) is 1. The summed E-state index contributed by atoms with van der Waals surface area (Å²) >= 11 is 0.853. The lowest BCUT2D eigenvalue weighted by Crippen LogP contribution is -2.52. The molecule has 0 radical (unpaired) electrons. The number of methoxy groups -OCH3 is 1. The van der Waals surface area contributed by atoms with Crippen LogP contribution >= 0.6 is 11.8 Å². The number of esters is 1. The quantitative estimate of drug-likeness (QED) is 0.336. The standard InChI is InChI=1S/C30H33N3O8S/c1-30(2,3)41-29(38)33-15-5-6-23(33)25(34)31-22(27(36)39-4)16-18-7-11-20(12-8-18)40-21-13-9-19(10-14-21)17-24-26(35)32-28(37)42-24/h7-14,17,22-23H,5-6,15-16H2,1-4H3,(H,31,34)(H,32,35,37)/b24-17+. The van der Waals surface area contributed by atoms with Gasteiger partial charge in [0.05, 0.1) is 12.0 Å². The molecule has 0 saturated carbocycles. The number of ether oxygens (including phenoxy) is 3. The number of hydrogen-bond acceptors (Lipinski definition) is 9. The minimum atomic E-state index is -0.951. The molecular weight excluding hydrogens is 562 g/mol. The topological polar surface area (TPSA) is 140 Å².